The average molecular weight is 292 g/mol. The highest BCUT2D eigenvalue weighted by Crippen LogP contribution is 2.49. The standard InChI is InChI=1S/C11H12BrF2NO/c12-6-4-7(13)10(16)8(9(6)14)11(5-15)2-1-3-11/h4,16H,1-3,5,15H2. The van der Waals surface area contributed by atoms with Gasteiger partial charge in [-0.05, 0) is 34.8 Å². The molecule has 0 saturated heterocycles. The smallest absolute Gasteiger partial charge is 0.166 e. The first-order valence-corrected chi connectivity index (χ1v) is 5.88. The molecular formula is C11H12BrF2NO. The van der Waals surface area contributed by atoms with Crippen LogP contribution in [0.4, 0.5) is 8.78 Å². The van der Waals surface area contributed by atoms with E-state index < -0.39 is 22.8 Å². The molecule has 1 aromatic carbocycles. The molecule has 0 spiro atoms. The van der Waals surface area contributed by atoms with Crippen LogP contribution < -0.4 is 5.73 Å². The Balaban J connectivity index is 2.63. The molecule has 1 aliphatic carbocycles. The number of benzene rings is 1. The fraction of sp³-hybridized carbons (Fsp3) is 0.455. The van der Waals surface area contributed by atoms with Gasteiger partial charge in [0, 0.05) is 17.5 Å². The summed E-state index contributed by atoms with van der Waals surface area (Å²) in [6, 6.07) is 0.928. The number of rotatable bonds is 2. The first-order chi connectivity index (χ1) is 7.52. The highest BCUT2D eigenvalue weighted by molar-refractivity contribution is 9.10. The third-order valence-corrected chi connectivity index (χ3v) is 3.95. The molecule has 5 heteroatoms. The van der Waals surface area contributed by atoms with Gasteiger partial charge in [0.1, 0.15) is 5.82 Å². The third kappa shape index (κ3) is 1.53. The molecule has 1 saturated carbocycles. The van der Waals surface area contributed by atoms with Crippen LogP contribution in [0.3, 0.4) is 0 Å². The molecule has 0 aromatic heterocycles. The Morgan fingerprint density at radius 2 is 2.06 bits per heavy atom. The van der Waals surface area contributed by atoms with Gasteiger partial charge in [-0.3, -0.25) is 0 Å². The zero-order valence-electron chi connectivity index (χ0n) is 8.56. The quantitative estimate of drug-likeness (QED) is 0.823. The van der Waals surface area contributed by atoms with Gasteiger partial charge in [-0.2, -0.15) is 0 Å². The summed E-state index contributed by atoms with van der Waals surface area (Å²) in [5.74, 6) is -2.03. The molecule has 16 heavy (non-hydrogen) atoms. The van der Waals surface area contributed by atoms with Gasteiger partial charge >= 0.3 is 0 Å². The molecule has 0 amide bonds. The number of aromatic hydroxyl groups is 1. The number of hydrogen-bond donors (Lipinski definition) is 2. The lowest BCUT2D eigenvalue weighted by Gasteiger charge is -2.41. The van der Waals surface area contributed by atoms with E-state index in [4.69, 9.17) is 5.73 Å². The topological polar surface area (TPSA) is 46.2 Å². The van der Waals surface area contributed by atoms with Gasteiger partial charge in [0.15, 0.2) is 11.6 Å². The van der Waals surface area contributed by atoms with Crippen molar-refractivity contribution in [3.8, 4) is 5.75 Å². The molecule has 2 nitrogen and oxygen atoms in total. The van der Waals surface area contributed by atoms with Crippen molar-refractivity contribution < 1.29 is 13.9 Å². The van der Waals surface area contributed by atoms with Crippen molar-refractivity contribution >= 4 is 15.9 Å². The monoisotopic (exact) mass is 291 g/mol. The first kappa shape index (κ1) is 11.8. The Hall–Kier alpha value is -0.680. The molecule has 1 aliphatic rings. The van der Waals surface area contributed by atoms with E-state index in [2.05, 4.69) is 15.9 Å². The molecule has 0 unspecified atom stereocenters. The molecule has 0 bridgehead atoms. The molecule has 0 aliphatic heterocycles. The Morgan fingerprint density at radius 1 is 1.44 bits per heavy atom. The van der Waals surface area contributed by atoms with E-state index in [1.165, 1.54) is 0 Å². The fourth-order valence-corrected chi connectivity index (χ4v) is 2.63. The maximum atomic E-state index is 13.9. The van der Waals surface area contributed by atoms with Gasteiger partial charge in [-0.1, -0.05) is 6.42 Å². The van der Waals surface area contributed by atoms with Crippen LogP contribution in [0.25, 0.3) is 0 Å². The molecular weight excluding hydrogens is 280 g/mol. The summed E-state index contributed by atoms with van der Waals surface area (Å²) in [4.78, 5) is 0. The zero-order valence-corrected chi connectivity index (χ0v) is 10.2. The van der Waals surface area contributed by atoms with Crippen LogP contribution >= 0.6 is 15.9 Å². The predicted molar refractivity (Wildman–Crippen MR) is 60.3 cm³/mol. The minimum Gasteiger partial charge on any atom is -0.505 e. The SMILES string of the molecule is NCC1(c2c(O)c(F)cc(Br)c2F)CCC1. The maximum Gasteiger partial charge on any atom is 0.166 e. The second kappa shape index (κ2) is 3.96. The van der Waals surface area contributed by atoms with Crippen LogP contribution in [-0.2, 0) is 5.41 Å². The predicted octanol–water partition coefficient (Wildman–Crippen LogP) is 2.81. The van der Waals surface area contributed by atoms with Gasteiger partial charge in [0.05, 0.1) is 4.47 Å². The molecule has 3 N–H and O–H groups in total. The zero-order chi connectivity index (χ0) is 11.9. The lowest BCUT2D eigenvalue weighted by Crippen LogP contribution is -2.42. The second-order valence-corrected chi connectivity index (χ2v) is 5.07. The number of phenolic OH excluding ortho intramolecular Hbond substituents is 1. The van der Waals surface area contributed by atoms with Gasteiger partial charge in [0.2, 0.25) is 0 Å². The summed E-state index contributed by atoms with van der Waals surface area (Å²) in [5, 5.41) is 9.64. The van der Waals surface area contributed by atoms with Gasteiger partial charge in [0.25, 0.3) is 0 Å². The normalized spacial score (nSPS) is 18.2. The van der Waals surface area contributed by atoms with Gasteiger partial charge in [-0.25, -0.2) is 8.78 Å². The van der Waals surface area contributed by atoms with Crippen molar-refractivity contribution in [1.29, 1.82) is 0 Å². The number of nitrogens with two attached hydrogens (primary N) is 1. The molecule has 2 rings (SSSR count). The summed E-state index contributed by atoms with van der Waals surface area (Å²) in [6.45, 7) is 0.216. The van der Waals surface area contributed by atoms with Crippen LogP contribution in [0, 0.1) is 11.6 Å². The molecule has 1 fully saturated rings. The largest absolute Gasteiger partial charge is 0.505 e. The van der Waals surface area contributed by atoms with Crippen molar-refractivity contribution in [2.24, 2.45) is 5.73 Å². The second-order valence-electron chi connectivity index (χ2n) is 4.22. The first-order valence-electron chi connectivity index (χ1n) is 5.09. The van der Waals surface area contributed by atoms with Crippen molar-refractivity contribution in [2.75, 3.05) is 6.54 Å². The summed E-state index contributed by atoms with van der Waals surface area (Å²) in [7, 11) is 0. The van der Waals surface area contributed by atoms with E-state index in [0.717, 1.165) is 12.5 Å². The molecule has 0 radical (unpaired) electrons. The Labute approximate surface area is 101 Å². The van der Waals surface area contributed by atoms with Gasteiger partial charge in [-0.15, -0.1) is 0 Å². The van der Waals surface area contributed by atoms with E-state index in [1.54, 1.807) is 0 Å². The van der Waals surface area contributed by atoms with Crippen LogP contribution in [0.2, 0.25) is 0 Å². The Morgan fingerprint density at radius 3 is 2.50 bits per heavy atom. The minimum absolute atomic E-state index is 0.0214. The average Bonchev–Trinajstić information content (AvgIpc) is 2.19. The summed E-state index contributed by atoms with van der Waals surface area (Å²) in [6.07, 6.45) is 2.29. The fourth-order valence-electron chi connectivity index (χ4n) is 2.23. The number of phenols is 1. The summed E-state index contributed by atoms with van der Waals surface area (Å²) < 4.78 is 27.3. The minimum atomic E-state index is -0.817. The molecule has 1 aromatic rings. The molecule has 0 heterocycles. The third-order valence-electron chi connectivity index (χ3n) is 3.38. The van der Waals surface area contributed by atoms with E-state index in [-0.39, 0.29) is 16.6 Å². The molecule has 0 atom stereocenters. The van der Waals surface area contributed by atoms with Crippen LogP contribution in [0.5, 0.6) is 5.75 Å². The Kier molecular flexibility index (Phi) is 2.92. The van der Waals surface area contributed by atoms with Gasteiger partial charge < -0.3 is 10.8 Å². The van der Waals surface area contributed by atoms with Crippen LogP contribution in [0.1, 0.15) is 24.8 Å². The van der Waals surface area contributed by atoms with E-state index in [0.29, 0.717) is 12.8 Å². The van der Waals surface area contributed by atoms with Crippen molar-refractivity contribution in [2.45, 2.75) is 24.7 Å². The van der Waals surface area contributed by atoms with E-state index >= 15 is 0 Å². The van der Waals surface area contributed by atoms with Crippen LogP contribution in [-0.4, -0.2) is 11.7 Å². The van der Waals surface area contributed by atoms with Crippen LogP contribution in [0.15, 0.2) is 10.5 Å². The van der Waals surface area contributed by atoms with E-state index in [9.17, 15) is 13.9 Å². The van der Waals surface area contributed by atoms with Crippen molar-refractivity contribution in [3.05, 3.63) is 27.7 Å². The van der Waals surface area contributed by atoms with Crippen molar-refractivity contribution in [1.82, 2.24) is 0 Å². The summed E-state index contributed by atoms with van der Waals surface area (Å²) in [5.41, 5.74) is 5.05. The number of hydrogen-bond acceptors (Lipinski definition) is 2. The summed E-state index contributed by atoms with van der Waals surface area (Å²) >= 11 is 2.94. The maximum absolute atomic E-state index is 13.9. The number of halogens is 3. The lowest BCUT2D eigenvalue weighted by atomic mass is 9.64. The highest BCUT2D eigenvalue weighted by atomic mass is 79.9. The van der Waals surface area contributed by atoms with Crippen molar-refractivity contribution in [3.63, 3.8) is 0 Å². The highest BCUT2D eigenvalue weighted by Gasteiger charge is 2.42. The van der Waals surface area contributed by atoms with E-state index in [1.807, 2.05) is 0 Å². The Bertz CT molecular complexity index is 401. The lowest BCUT2D eigenvalue weighted by molar-refractivity contribution is 0.233. The molecule has 88 valence electrons.